The van der Waals surface area contributed by atoms with Crippen LogP contribution in [0.15, 0.2) is 0 Å². The normalized spacial score (nSPS) is 20.2. The van der Waals surface area contributed by atoms with Crippen molar-refractivity contribution in [2.75, 3.05) is 26.2 Å². The van der Waals surface area contributed by atoms with E-state index in [9.17, 15) is 0 Å². The maximum atomic E-state index is 3.63. The molecule has 0 aromatic heterocycles. The fourth-order valence-electron chi connectivity index (χ4n) is 2.94. The van der Waals surface area contributed by atoms with Gasteiger partial charge in [0.25, 0.3) is 0 Å². The van der Waals surface area contributed by atoms with Crippen molar-refractivity contribution in [2.45, 2.75) is 71.8 Å². The molecule has 0 aromatic carbocycles. The molecule has 1 N–H and O–H groups in total. The van der Waals surface area contributed by atoms with Crippen molar-refractivity contribution in [1.29, 1.82) is 0 Å². The van der Waals surface area contributed by atoms with Crippen molar-refractivity contribution in [3.63, 3.8) is 0 Å². The van der Waals surface area contributed by atoms with Gasteiger partial charge < -0.3 is 10.2 Å². The van der Waals surface area contributed by atoms with Crippen molar-refractivity contribution in [3.8, 4) is 0 Å². The summed E-state index contributed by atoms with van der Waals surface area (Å²) in [6.07, 6.45) is 9.74. The summed E-state index contributed by atoms with van der Waals surface area (Å²) in [5.41, 5.74) is 0. The van der Waals surface area contributed by atoms with Crippen LogP contribution in [-0.4, -0.2) is 37.1 Å². The zero-order chi connectivity index (χ0) is 13.2. The highest BCUT2D eigenvalue weighted by molar-refractivity contribution is 4.78. The van der Waals surface area contributed by atoms with E-state index < -0.39 is 0 Å². The first-order chi connectivity index (χ1) is 8.72. The minimum atomic E-state index is 0.763. The van der Waals surface area contributed by atoms with E-state index >= 15 is 0 Å². The first kappa shape index (κ1) is 16.0. The highest BCUT2D eigenvalue weighted by Gasteiger charge is 2.18. The summed E-state index contributed by atoms with van der Waals surface area (Å²) in [4.78, 5) is 2.69. The Labute approximate surface area is 115 Å². The molecule has 2 nitrogen and oxygen atoms in total. The van der Waals surface area contributed by atoms with E-state index in [2.05, 4.69) is 31.0 Å². The van der Waals surface area contributed by atoms with E-state index in [0.717, 1.165) is 12.0 Å². The van der Waals surface area contributed by atoms with Crippen LogP contribution in [0.2, 0.25) is 0 Å². The molecule has 0 aliphatic carbocycles. The lowest BCUT2D eigenvalue weighted by atomic mass is 10.1. The minimum Gasteiger partial charge on any atom is -0.313 e. The van der Waals surface area contributed by atoms with Gasteiger partial charge in [-0.25, -0.2) is 0 Å². The van der Waals surface area contributed by atoms with Gasteiger partial charge in [-0.2, -0.15) is 0 Å². The van der Waals surface area contributed by atoms with E-state index in [0.29, 0.717) is 0 Å². The maximum absolute atomic E-state index is 3.63. The van der Waals surface area contributed by atoms with Crippen LogP contribution in [-0.2, 0) is 0 Å². The van der Waals surface area contributed by atoms with E-state index in [4.69, 9.17) is 0 Å². The van der Waals surface area contributed by atoms with Gasteiger partial charge in [-0.05, 0) is 38.3 Å². The highest BCUT2D eigenvalue weighted by atomic mass is 15.2. The molecule has 0 spiro atoms. The summed E-state index contributed by atoms with van der Waals surface area (Å²) >= 11 is 0. The molecule has 1 unspecified atom stereocenters. The van der Waals surface area contributed by atoms with Gasteiger partial charge >= 0.3 is 0 Å². The van der Waals surface area contributed by atoms with Gasteiger partial charge in [0.15, 0.2) is 0 Å². The molecule has 0 saturated carbocycles. The minimum absolute atomic E-state index is 0.763. The topological polar surface area (TPSA) is 15.3 Å². The second kappa shape index (κ2) is 9.80. The summed E-state index contributed by atoms with van der Waals surface area (Å²) < 4.78 is 0. The van der Waals surface area contributed by atoms with Gasteiger partial charge in [-0.15, -0.1) is 0 Å². The number of nitrogens with zero attached hydrogens (tertiary/aromatic N) is 1. The van der Waals surface area contributed by atoms with Crippen molar-refractivity contribution >= 4 is 0 Å². The summed E-state index contributed by atoms with van der Waals surface area (Å²) in [5, 5.41) is 3.63. The van der Waals surface area contributed by atoms with Crippen molar-refractivity contribution in [1.82, 2.24) is 10.2 Å². The smallest absolute Gasteiger partial charge is 0.0195 e. The molecule has 1 saturated heterocycles. The average molecular weight is 254 g/mol. The molecule has 108 valence electrons. The van der Waals surface area contributed by atoms with Crippen molar-refractivity contribution in [2.24, 2.45) is 5.92 Å². The Morgan fingerprint density at radius 2 is 1.94 bits per heavy atom. The Bertz CT molecular complexity index is 186. The summed E-state index contributed by atoms with van der Waals surface area (Å²) in [6, 6.07) is 0.763. The van der Waals surface area contributed by atoms with Crippen LogP contribution >= 0.6 is 0 Å². The molecule has 1 fully saturated rings. The fourth-order valence-corrected chi connectivity index (χ4v) is 2.94. The Morgan fingerprint density at radius 1 is 1.17 bits per heavy atom. The molecule has 1 heterocycles. The fraction of sp³-hybridized carbons (Fsp3) is 1.00. The molecule has 2 heteroatoms. The third-order valence-electron chi connectivity index (χ3n) is 3.84. The largest absolute Gasteiger partial charge is 0.313 e. The molecule has 1 aliphatic heterocycles. The average Bonchev–Trinajstić information content (AvgIpc) is 2.80. The Balaban J connectivity index is 2.17. The van der Waals surface area contributed by atoms with E-state index in [1.165, 1.54) is 71.1 Å². The highest BCUT2D eigenvalue weighted by Crippen LogP contribution is 2.10. The van der Waals surface area contributed by atoms with E-state index in [-0.39, 0.29) is 0 Å². The molecule has 18 heavy (non-hydrogen) atoms. The summed E-state index contributed by atoms with van der Waals surface area (Å²) in [6.45, 7) is 12.0. The summed E-state index contributed by atoms with van der Waals surface area (Å²) in [5.74, 6) is 0.794. The standard InChI is InChI=1S/C16H34N2/c1-4-5-6-7-8-12-18(13-15(2)3)14-16-10-9-11-17-16/h15-17H,4-14H2,1-3H3. The van der Waals surface area contributed by atoms with Crippen LogP contribution in [0, 0.1) is 5.92 Å². The number of hydrogen-bond donors (Lipinski definition) is 1. The third-order valence-corrected chi connectivity index (χ3v) is 3.84. The number of hydrogen-bond acceptors (Lipinski definition) is 2. The van der Waals surface area contributed by atoms with Crippen LogP contribution in [0.4, 0.5) is 0 Å². The monoisotopic (exact) mass is 254 g/mol. The molecule has 0 radical (unpaired) electrons. The van der Waals surface area contributed by atoms with Crippen molar-refractivity contribution < 1.29 is 0 Å². The van der Waals surface area contributed by atoms with Gasteiger partial charge in [0, 0.05) is 19.1 Å². The molecule has 0 bridgehead atoms. The first-order valence-corrected chi connectivity index (χ1v) is 8.18. The third kappa shape index (κ3) is 7.38. The lowest BCUT2D eigenvalue weighted by Gasteiger charge is -2.27. The lowest BCUT2D eigenvalue weighted by molar-refractivity contribution is 0.219. The summed E-state index contributed by atoms with van der Waals surface area (Å²) in [7, 11) is 0. The van der Waals surface area contributed by atoms with Gasteiger partial charge in [0.1, 0.15) is 0 Å². The zero-order valence-corrected chi connectivity index (χ0v) is 12.9. The van der Waals surface area contributed by atoms with Crippen LogP contribution in [0.1, 0.15) is 65.7 Å². The Morgan fingerprint density at radius 3 is 2.56 bits per heavy atom. The predicted molar refractivity (Wildman–Crippen MR) is 81.1 cm³/mol. The van der Waals surface area contributed by atoms with Crippen LogP contribution < -0.4 is 5.32 Å². The first-order valence-electron chi connectivity index (χ1n) is 8.18. The Hall–Kier alpha value is -0.0800. The van der Waals surface area contributed by atoms with E-state index in [1.54, 1.807) is 0 Å². The lowest BCUT2D eigenvalue weighted by Crippen LogP contribution is -2.39. The van der Waals surface area contributed by atoms with Gasteiger partial charge in [-0.3, -0.25) is 0 Å². The molecule has 1 aliphatic rings. The van der Waals surface area contributed by atoms with Gasteiger partial charge in [-0.1, -0.05) is 46.5 Å². The van der Waals surface area contributed by atoms with E-state index in [1.807, 2.05) is 0 Å². The van der Waals surface area contributed by atoms with Crippen LogP contribution in [0.25, 0.3) is 0 Å². The molecule has 1 rings (SSSR count). The molecule has 0 aromatic rings. The number of unbranched alkanes of at least 4 members (excludes halogenated alkanes) is 4. The van der Waals surface area contributed by atoms with Gasteiger partial charge in [0.05, 0.1) is 0 Å². The van der Waals surface area contributed by atoms with Crippen LogP contribution in [0.5, 0.6) is 0 Å². The maximum Gasteiger partial charge on any atom is 0.0195 e. The second-order valence-electron chi connectivity index (χ2n) is 6.36. The second-order valence-corrected chi connectivity index (χ2v) is 6.36. The zero-order valence-electron chi connectivity index (χ0n) is 12.9. The molecule has 0 amide bonds. The number of rotatable bonds is 10. The molecular weight excluding hydrogens is 220 g/mol. The quantitative estimate of drug-likeness (QED) is 0.598. The van der Waals surface area contributed by atoms with Gasteiger partial charge in [0.2, 0.25) is 0 Å². The molecular formula is C16H34N2. The number of nitrogens with one attached hydrogen (secondary N) is 1. The molecule has 1 atom stereocenters. The SMILES string of the molecule is CCCCCCCN(CC(C)C)CC1CCCN1. The van der Waals surface area contributed by atoms with Crippen LogP contribution in [0.3, 0.4) is 0 Å². The predicted octanol–water partition coefficient (Wildman–Crippen LogP) is 3.67. The van der Waals surface area contributed by atoms with Crippen molar-refractivity contribution in [3.05, 3.63) is 0 Å². The Kier molecular flexibility index (Phi) is 8.70.